The van der Waals surface area contributed by atoms with Crippen molar-refractivity contribution in [2.24, 2.45) is 23.5 Å². The lowest BCUT2D eigenvalue weighted by atomic mass is 9.83. The van der Waals surface area contributed by atoms with E-state index in [1.54, 1.807) is 0 Å². The van der Waals surface area contributed by atoms with Crippen molar-refractivity contribution in [2.45, 2.75) is 122 Å². The summed E-state index contributed by atoms with van der Waals surface area (Å²) >= 11 is 0. The zero-order valence-electron chi connectivity index (χ0n) is 27.6. The van der Waals surface area contributed by atoms with Crippen molar-refractivity contribution in [3.05, 3.63) is 72.7 Å². The summed E-state index contributed by atoms with van der Waals surface area (Å²) in [4.78, 5) is 2.16. The first-order valence-electron chi connectivity index (χ1n) is 16.9. The van der Waals surface area contributed by atoms with Crippen LogP contribution < -0.4 is 16.4 Å². The molecule has 0 bridgehead atoms. The normalized spacial score (nSPS) is 16.8. The van der Waals surface area contributed by atoms with E-state index in [2.05, 4.69) is 93.4 Å². The number of allylic oxidation sites excluding steroid dienone is 2. The summed E-state index contributed by atoms with van der Waals surface area (Å²) in [6, 6.07) is 10.7. The molecule has 0 heterocycles. The molecule has 1 unspecified atom stereocenters. The third kappa shape index (κ3) is 13.4. The third-order valence-electron chi connectivity index (χ3n) is 9.09. The first-order valence-corrected chi connectivity index (χ1v) is 16.9. The van der Waals surface area contributed by atoms with Gasteiger partial charge in [0, 0.05) is 43.1 Å². The van der Waals surface area contributed by atoms with E-state index in [0.717, 1.165) is 75.0 Å². The van der Waals surface area contributed by atoms with Crippen molar-refractivity contribution >= 4 is 0 Å². The van der Waals surface area contributed by atoms with E-state index in [4.69, 9.17) is 5.73 Å². The minimum atomic E-state index is -0.361. The van der Waals surface area contributed by atoms with Crippen LogP contribution >= 0.6 is 0 Å². The second-order valence-electron chi connectivity index (χ2n) is 13.3. The number of aliphatic hydroxyl groups is 1. The van der Waals surface area contributed by atoms with Gasteiger partial charge in [-0.3, -0.25) is 0 Å². The maximum Gasteiger partial charge on any atom is 0.0741 e. The first-order chi connectivity index (χ1) is 20.1. The summed E-state index contributed by atoms with van der Waals surface area (Å²) in [6.45, 7) is 21.6. The average molecular weight is 581 g/mol. The highest BCUT2D eigenvalue weighted by atomic mass is 16.3. The molecule has 4 atom stereocenters. The lowest BCUT2D eigenvalue weighted by Gasteiger charge is -2.35. The smallest absolute Gasteiger partial charge is 0.0741 e. The number of nitrogens with zero attached hydrogens (tertiary/aromatic N) is 1. The van der Waals surface area contributed by atoms with E-state index in [0.29, 0.717) is 18.4 Å². The minimum Gasteiger partial charge on any atom is -0.391 e. The molecule has 0 amide bonds. The number of nitrogens with two attached hydrogens (primary N) is 1. The average Bonchev–Trinajstić information content (AvgIpc) is 2.97. The van der Waals surface area contributed by atoms with Crippen molar-refractivity contribution in [3.8, 4) is 0 Å². The Morgan fingerprint density at radius 2 is 1.69 bits per heavy atom. The van der Waals surface area contributed by atoms with Crippen molar-refractivity contribution in [3.63, 3.8) is 0 Å². The summed E-state index contributed by atoms with van der Waals surface area (Å²) in [6.07, 6.45) is 13.9. The van der Waals surface area contributed by atoms with Crippen LogP contribution in [0, 0.1) is 17.8 Å². The largest absolute Gasteiger partial charge is 0.391 e. The lowest BCUT2D eigenvalue weighted by molar-refractivity contribution is 0.100. The molecule has 0 aromatic heterocycles. The Morgan fingerprint density at radius 3 is 2.31 bits per heavy atom. The van der Waals surface area contributed by atoms with Crippen LogP contribution in [0.25, 0.3) is 0 Å². The van der Waals surface area contributed by atoms with E-state index in [1.807, 2.05) is 0 Å². The lowest BCUT2D eigenvalue weighted by Crippen LogP contribution is -2.46. The predicted molar refractivity (Wildman–Crippen MR) is 182 cm³/mol. The fourth-order valence-electron chi connectivity index (χ4n) is 6.34. The van der Waals surface area contributed by atoms with E-state index in [1.165, 1.54) is 37.7 Å². The van der Waals surface area contributed by atoms with E-state index >= 15 is 0 Å². The molecule has 5 N–H and O–H groups in total. The van der Waals surface area contributed by atoms with Gasteiger partial charge in [0.2, 0.25) is 0 Å². The van der Waals surface area contributed by atoms with Gasteiger partial charge >= 0.3 is 0 Å². The Bertz CT molecular complexity index is 908. The van der Waals surface area contributed by atoms with Crippen molar-refractivity contribution in [2.75, 3.05) is 20.1 Å². The Hall–Kier alpha value is -2.24. The number of nitrogens with one attached hydrogen (secondary N) is 2. The quantitative estimate of drug-likeness (QED) is 0.114. The van der Waals surface area contributed by atoms with E-state index in [9.17, 15) is 5.11 Å². The van der Waals surface area contributed by atoms with Gasteiger partial charge in [0.05, 0.1) is 18.2 Å². The van der Waals surface area contributed by atoms with E-state index < -0.39 is 0 Å². The molecular weight excluding hydrogens is 516 g/mol. The molecule has 1 fully saturated rings. The van der Waals surface area contributed by atoms with Crippen molar-refractivity contribution in [1.29, 1.82) is 0 Å². The standard InChI is InChI=1S/C37H64N4O/c1-8-16-35(31(6)40-36(27-33-20-13-10-14-21-33)37(42)22-15-17-28(2)3)39-30(5)34(25-29(4)41(7)24-23-38)26-32-18-11-9-12-19-32/h9,11-12,18-19,28,33-37,39-40,42H,4-6,8,10,13-17,20-27,38H2,1-3,7H3/t34-,35-,36-,37?/m0/s1. The summed E-state index contributed by atoms with van der Waals surface area (Å²) in [5, 5.41) is 18.9. The molecule has 5 nitrogen and oxygen atoms in total. The zero-order chi connectivity index (χ0) is 30.9. The molecule has 1 aromatic rings. The molecule has 238 valence electrons. The van der Waals surface area contributed by atoms with Crippen LogP contribution in [0.3, 0.4) is 0 Å². The second-order valence-corrected chi connectivity index (χ2v) is 13.3. The van der Waals surface area contributed by atoms with Crippen LogP contribution in [0.2, 0.25) is 0 Å². The molecule has 0 saturated heterocycles. The van der Waals surface area contributed by atoms with Gasteiger partial charge in [-0.2, -0.15) is 0 Å². The number of hydrogen-bond donors (Lipinski definition) is 4. The topological polar surface area (TPSA) is 73.5 Å². The number of aliphatic hydroxyl groups excluding tert-OH is 1. The number of hydrogen-bond acceptors (Lipinski definition) is 5. The molecule has 1 aliphatic rings. The summed E-state index contributed by atoms with van der Waals surface area (Å²) in [5.74, 6) is 1.53. The SMILES string of the molecule is C=C(N[C@@H](CCC)C(=C)N[C@@H](CC1CCCCC1)C(O)CCCC(C)C)[C@@H](CC(=C)N(C)CCN)Cc1ccccc1. The summed E-state index contributed by atoms with van der Waals surface area (Å²) in [5.41, 5.74) is 10.2. The molecule has 2 rings (SSSR count). The van der Waals surface area contributed by atoms with Crippen molar-refractivity contribution in [1.82, 2.24) is 15.5 Å². The second kappa shape index (κ2) is 19.9. The molecule has 0 aliphatic heterocycles. The zero-order valence-corrected chi connectivity index (χ0v) is 27.6. The van der Waals surface area contributed by atoms with Crippen LogP contribution in [-0.4, -0.2) is 48.3 Å². The third-order valence-corrected chi connectivity index (χ3v) is 9.09. The van der Waals surface area contributed by atoms with Gasteiger partial charge in [-0.05, 0) is 49.5 Å². The van der Waals surface area contributed by atoms with E-state index in [-0.39, 0.29) is 24.1 Å². The Balaban J connectivity index is 2.16. The predicted octanol–water partition coefficient (Wildman–Crippen LogP) is 7.54. The molecule has 1 saturated carbocycles. The van der Waals surface area contributed by atoms with Gasteiger partial charge in [0.1, 0.15) is 0 Å². The highest BCUT2D eigenvalue weighted by Crippen LogP contribution is 2.30. The molecule has 1 aliphatic carbocycles. The Labute approximate surface area is 259 Å². The molecule has 5 heteroatoms. The summed E-state index contributed by atoms with van der Waals surface area (Å²) < 4.78 is 0. The highest BCUT2D eigenvalue weighted by Gasteiger charge is 2.27. The Morgan fingerprint density at radius 1 is 1.00 bits per heavy atom. The van der Waals surface area contributed by atoms with Gasteiger partial charge in [0.15, 0.2) is 0 Å². The van der Waals surface area contributed by atoms with Crippen LogP contribution in [0.5, 0.6) is 0 Å². The summed E-state index contributed by atoms with van der Waals surface area (Å²) in [7, 11) is 2.07. The highest BCUT2D eigenvalue weighted by molar-refractivity contribution is 5.20. The minimum absolute atomic E-state index is 0.0342. The molecule has 0 spiro atoms. The van der Waals surface area contributed by atoms with Gasteiger partial charge in [-0.25, -0.2) is 0 Å². The number of likely N-dealkylation sites (N-methyl/N-ethyl adjacent to an activating group) is 1. The first kappa shape index (κ1) is 36.0. The number of benzene rings is 1. The van der Waals surface area contributed by atoms with Gasteiger partial charge in [-0.15, -0.1) is 0 Å². The van der Waals surface area contributed by atoms with Crippen LogP contribution in [0.15, 0.2) is 67.2 Å². The monoisotopic (exact) mass is 581 g/mol. The maximum atomic E-state index is 11.4. The van der Waals surface area contributed by atoms with Crippen LogP contribution in [0.4, 0.5) is 0 Å². The van der Waals surface area contributed by atoms with Gasteiger partial charge in [-0.1, -0.05) is 122 Å². The Kier molecular flexibility index (Phi) is 17.0. The van der Waals surface area contributed by atoms with Gasteiger partial charge < -0.3 is 26.4 Å². The van der Waals surface area contributed by atoms with Gasteiger partial charge in [0.25, 0.3) is 0 Å². The van der Waals surface area contributed by atoms with Crippen molar-refractivity contribution < 1.29 is 5.11 Å². The van der Waals surface area contributed by atoms with Crippen LogP contribution in [-0.2, 0) is 6.42 Å². The molecule has 1 aromatic carbocycles. The molecule has 42 heavy (non-hydrogen) atoms. The van der Waals surface area contributed by atoms with Crippen LogP contribution in [0.1, 0.15) is 103 Å². The number of rotatable bonds is 22. The maximum absolute atomic E-state index is 11.4. The fraction of sp³-hybridized carbons (Fsp3) is 0.676. The molecule has 0 radical (unpaired) electrons. The fourth-order valence-corrected chi connectivity index (χ4v) is 6.34. The molecular formula is C37H64N4O.